The number of benzene rings is 10. The molecule has 12 aromatic rings. The molecule has 0 atom stereocenters. The van der Waals surface area contributed by atoms with Crippen LogP contribution in [-0.2, 0) is 0 Å². The molecule has 10 aromatic carbocycles. The lowest BCUT2D eigenvalue weighted by Gasteiger charge is -2.15. The van der Waals surface area contributed by atoms with Gasteiger partial charge in [-0.1, -0.05) is 182 Å². The van der Waals surface area contributed by atoms with Crippen LogP contribution in [0.4, 0.5) is 0 Å². The fourth-order valence-corrected chi connectivity index (χ4v) is 9.24. The molecule has 0 aliphatic rings. The van der Waals surface area contributed by atoms with Crippen LogP contribution in [0.2, 0.25) is 0 Å². The lowest BCUT2D eigenvalue weighted by molar-refractivity contribution is 1.20. The Hall–Kier alpha value is -7.88. The predicted octanol–water partition coefficient (Wildman–Crippen LogP) is 14.9. The number of hydrogen-bond acceptors (Lipinski definition) is 2. The minimum absolute atomic E-state index is 0.709. The van der Waals surface area contributed by atoms with E-state index in [2.05, 4.69) is 217 Å². The van der Waals surface area contributed by atoms with Crippen molar-refractivity contribution in [2.24, 2.45) is 0 Å². The monoisotopic (exact) mass is 749 g/mol. The summed E-state index contributed by atoms with van der Waals surface area (Å²) in [6, 6.07) is 76.2. The van der Waals surface area contributed by atoms with Crippen LogP contribution >= 0.6 is 0 Å². The van der Waals surface area contributed by atoms with E-state index in [1.54, 1.807) is 0 Å². The van der Waals surface area contributed by atoms with Gasteiger partial charge >= 0.3 is 0 Å². The number of hydrogen-bond donors (Lipinski definition) is 0. The van der Waals surface area contributed by atoms with Gasteiger partial charge in [-0.3, -0.25) is 0 Å². The fourth-order valence-electron chi connectivity index (χ4n) is 9.24. The Labute approximate surface area is 341 Å². The van der Waals surface area contributed by atoms with Crippen LogP contribution in [-0.4, -0.2) is 14.5 Å². The first-order valence-electron chi connectivity index (χ1n) is 20.2. The minimum Gasteiger partial charge on any atom is -0.309 e. The molecule has 274 valence electrons. The molecular weight excluding hydrogens is 715 g/mol. The second kappa shape index (κ2) is 13.4. The van der Waals surface area contributed by atoms with Crippen molar-refractivity contribution in [3.05, 3.63) is 212 Å². The van der Waals surface area contributed by atoms with E-state index in [0.29, 0.717) is 5.82 Å². The first-order valence-corrected chi connectivity index (χ1v) is 20.2. The van der Waals surface area contributed by atoms with Gasteiger partial charge in [-0.25, -0.2) is 9.97 Å². The zero-order valence-electron chi connectivity index (χ0n) is 32.0. The van der Waals surface area contributed by atoms with Crippen LogP contribution in [0.1, 0.15) is 0 Å². The van der Waals surface area contributed by atoms with E-state index in [4.69, 9.17) is 9.97 Å². The van der Waals surface area contributed by atoms with Crippen molar-refractivity contribution in [1.29, 1.82) is 0 Å². The van der Waals surface area contributed by atoms with Crippen LogP contribution in [0.3, 0.4) is 0 Å². The third kappa shape index (κ3) is 5.36. The Morgan fingerprint density at radius 2 is 0.847 bits per heavy atom. The summed E-state index contributed by atoms with van der Waals surface area (Å²) >= 11 is 0. The lowest BCUT2D eigenvalue weighted by atomic mass is 9.97. The van der Waals surface area contributed by atoms with E-state index in [1.807, 2.05) is 0 Å². The number of nitrogens with zero attached hydrogens (tertiary/aromatic N) is 3. The van der Waals surface area contributed by atoms with Crippen LogP contribution in [0.5, 0.6) is 0 Å². The Morgan fingerprint density at radius 1 is 0.322 bits per heavy atom. The van der Waals surface area contributed by atoms with Gasteiger partial charge in [-0.15, -0.1) is 0 Å². The minimum atomic E-state index is 0.709. The molecule has 0 bridgehead atoms. The smallest absolute Gasteiger partial charge is 0.161 e. The molecule has 0 saturated carbocycles. The topological polar surface area (TPSA) is 30.7 Å². The number of para-hydroxylation sites is 1. The van der Waals surface area contributed by atoms with Crippen molar-refractivity contribution in [3.63, 3.8) is 0 Å². The van der Waals surface area contributed by atoms with Crippen molar-refractivity contribution >= 4 is 65.0 Å². The fraction of sp³-hybridized carbons (Fsp3) is 0. The SMILES string of the molecule is c1ccc(-c2cccc(-c3ccc(-c4nc(-c5cccc6c(-n7c8ccc9ccccc9c8c8c9ccccc9ccc87)cccc56)nc5ccccc45)cc3)c2)cc1. The molecule has 0 radical (unpaired) electrons. The van der Waals surface area contributed by atoms with Crippen molar-refractivity contribution in [1.82, 2.24) is 14.5 Å². The zero-order chi connectivity index (χ0) is 38.9. The molecule has 2 aromatic heterocycles. The molecule has 12 rings (SSSR count). The molecule has 0 saturated heterocycles. The quantitative estimate of drug-likeness (QED) is 0.175. The zero-order valence-corrected chi connectivity index (χ0v) is 32.0. The molecule has 0 amide bonds. The molecule has 0 aliphatic carbocycles. The largest absolute Gasteiger partial charge is 0.309 e. The Bertz CT molecular complexity index is 3510. The van der Waals surface area contributed by atoms with Crippen molar-refractivity contribution < 1.29 is 0 Å². The second-order valence-electron chi connectivity index (χ2n) is 15.3. The van der Waals surface area contributed by atoms with Gasteiger partial charge in [0.2, 0.25) is 0 Å². The summed E-state index contributed by atoms with van der Waals surface area (Å²) in [6.45, 7) is 0. The van der Waals surface area contributed by atoms with Crippen molar-refractivity contribution in [3.8, 4) is 50.6 Å². The molecule has 0 unspecified atom stereocenters. The van der Waals surface area contributed by atoms with Crippen LogP contribution in [0.25, 0.3) is 116 Å². The van der Waals surface area contributed by atoms with E-state index in [-0.39, 0.29) is 0 Å². The van der Waals surface area contributed by atoms with Gasteiger partial charge in [-0.05, 0) is 79.5 Å². The number of rotatable bonds is 5. The van der Waals surface area contributed by atoms with Gasteiger partial charge in [0, 0.05) is 32.7 Å². The van der Waals surface area contributed by atoms with Gasteiger partial charge in [0.1, 0.15) is 0 Å². The van der Waals surface area contributed by atoms with Crippen LogP contribution in [0, 0.1) is 0 Å². The second-order valence-corrected chi connectivity index (χ2v) is 15.3. The summed E-state index contributed by atoms with van der Waals surface area (Å²) in [4.78, 5) is 10.6. The molecule has 0 spiro atoms. The summed E-state index contributed by atoms with van der Waals surface area (Å²) in [5.74, 6) is 0.709. The number of aromatic nitrogens is 3. The highest BCUT2D eigenvalue weighted by atomic mass is 15.0. The average Bonchev–Trinajstić information content (AvgIpc) is 3.66. The highest BCUT2D eigenvalue weighted by molar-refractivity contribution is 6.29. The third-order valence-electron chi connectivity index (χ3n) is 12.0. The summed E-state index contributed by atoms with van der Waals surface area (Å²) in [5, 5.41) is 10.8. The van der Waals surface area contributed by atoms with E-state index in [9.17, 15) is 0 Å². The Balaban J connectivity index is 1.02. The molecule has 0 aliphatic heterocycles. The van der Waals surface area contributed by atoms with E-state index >= 15 is 0 Å². The molecule has 3 heteroatoms. The maximum atomic E-state index is 5.39. The molecule has 0 fully saturated rings. The highest BCUT2D eigenvalue weighted by Crippen LogP contribution is 2.43. The molecule has 3 nitrogen and oxygen atoms in total. The Morgan fingerprint density at radius 3 is 1.56 bits per heavy atom. The summed E-state index contributed by atoms with van der Waals surface area (Å²) in [7, 11) is 0. The van der Waals surface area contributed by atoms with Gasteiger partial charge in [0.05, 0.1) is 27.9 Å². The first kappa shape index (κ1) is 33.3. The molecular formula is C56H35N3. The maximum Gasteiger partial charge on any atom is 0.161 e. The first-order chi connectivity index (χ1) is 29.3. The molecule has 59 heavy (non-hydrogen) atoms. The number of fused-ring (bicyclic) bond motifs is 9. The average molecular weight is 750 g/mol. The van der Waals surface area contributed by atoms with E-state index in [0.717, 1.165) is 49.7 Å². The molecule has 2 heterocycles. The maximum absolute atomic E-state index is 5.39. The van der Waals surface area contributed by atoms with E-state index in [1.165, 1.54) is 60.0 Å². The normalized spacial score (nSPS) is 11.7. The predicted molar refractivity (Wildman–Crippen MR) is 248 cm³/mol. The third-order valence-corrected chi connectivity index (χ3v) is 12.0. The van der Waals surface area contributed by atoms with Gasteiger partial charge in [0.25, 0.3) is 0 Å². The van der Waals surface area contributed by atoms with Crippen molar-refractivity contribution in [2.75, 3.05) is 0 Å². The van der Waals surface area contributed by atoms with Gasteiger partial charge in [-0.2, -0.15) is 0 Å². The summed E-state index contributed by atoms with van der Waals surface area (Å²) < 4.78 is 2.46. The van der Waals surface area contributed by atoms with Crippen molar-refractivity contribution in [2.45, 2.75) is 0 Å². The van der Waals surface area contributed by atoms with Gasteiger partial charge < -0.3 is 4.57 Å². The summed E-state index contributed by atoms with van der Waals surface area (Å²) in [6.07, 6.45) is 0. The summed E-state index contributed by atoms with van der Waals surface area (Å²) in [5.41, 5.74) is 12.2. The standard InChI is InChI=1S/C56H35N3/c1-2-13-36(14-3-1)41-17-10-18-42(35-41)37-27-29-40(30-28-37)55-48-21-8-9-25-49(48)57-56(58-55)47-24-11-23-46-45(47)22-12-26-50(46)59-51-33-31-38-15-4-6-19-43(38)53(51)54-44-20-7-5-16-39(44)32-34-52(54)59/h1-35H. The highest BCUT2D eigenvalue weighted by Gasteiger charge is 2.20. The Kier molecular flexibility index (Phi) is 7.54. The van der Waals surface area contributed by atoms with Gasteiger partial charge in [0.15, 0.2) is 5.82 Å². The lowest BCUT2D eigenvalue weighted by Crippen LogP contribution is -1.98. The molecule has 0 N–H and O–H groups in total. The van der Waals surface area contributed by atoms with Crippen LogP contribution in [0.15, 0.2) is 212 Å². The van der Waals surface area contributed by atoms with E-state index < -0.39 is 0 Å². The van der Waals surface area contributed by atoms with Crippen LogP contribution < -0.4 is 0 Å².